The molecule has 6 rings (SSSR count). The van der Waals surface area contributed by atoms with Gasteiger partial charge in [0, 0.05) is 18.5 Å². The van der Waals surface area contributed by atoms with Crippen LogP contribution >= 0.6 is 24.0 Å². The maximum absolute atomic E-state index is 12.7. The number of methoxy groups -OCH3 is 1. The van der Waals surface area contributed by atoms with Crippen molar-refractivity contribution in [1.82, 2.24) is 10.2 Å². The van der Waals surface area contributed by atoms with Gasteiger partial charge in [0.05, 0.1) is 12.0 Å². The van der Waals surface area contributed by atoms with Gasteiger partial charge in [-0.1, -0.05) is 30.8 Å². The maximum atomic E-state index is 12.7. The van der Waals surface area contributed by atoms with Crippen LogP contribution in [0, 0.1) is 17.8 Å². The molecular weight excluding hydrogens is 464 g/mol. The first-order chi connectivity index (χ1) is 16.4. The van der Waals surface area contributed by atoms with E-state index in [1.165, 1.54) is 50.3 Å². The Morgan fingerprint density at radius 3 is 2.38 bits per heavy atom. The minimum Gasteiger partial charge on any atom is -0.497 e. The third-order valence-corrected chi connectivity index (χ3v) is 9.51. The molecule has 0 spiro atoms. The largest absolute Gasteiger partial charge is 0.497 e. The number of nitrogens with one attached hydrogen (secondary N) is 1. The van der Waals surface area contributed by atoms with Gasteiger partial charge in [0.1, 0.15) is 10.7 Å². The van der Waals surface area contributed by atoms with Crippen molar-refractivity contribution < 1.29 is 14.3 Å². The van der Waals surface area contributed by atoms with E-state index in [9.17, 15) is 9.59 Å². The Bertz CT molecular complexity index is 953. The number of thiocarbonyl (C=S) groups is 1. The number of carbonyl (C=O) groups is 2. The molecule has 0 unspecified atom stereocenters. The highest BCUT2D eigenvalue weighted by molar-refractivity contribution is 8.19. The van der Waals surface area contributed by atoms with Gasteiger partial charge in [0.2, 0.25) is 5.91 Å². The fourth-order valence-electron chi connectivity index (χ4n) is 6.90. The van der Waals surface area contributed by atoms with Crippen LogP contribution in [0.4, 0.5) is 4.79 Å². The number of rotatable bonds is 9. The second kappa shape index (κ2) is 10.0. The quantitative estimate of drug-likeness (QED) is 0.250. The zero-order chi connectivity index (χ0) is 23.7. The predicted octanol–water partition coefficient (Wildman–Crippen LogP) is 6.18. The molecule has 1 heterocycles. The normalized spacial score (nSPS) is 30.9. The van der Waals surface area contributed by atoms with Gasteiger partial charge < -0.3 is 10.1 Å². The minimum atomic E-state index is -0.00989. The van der Waals surface area contributed by atoms with Crippen molar-refractivity contribution in [3.8, 4) is 5.75 Å². The molecule has 7 heteroatoms. The highest BCUT2D eigenvalue weighted by atomic mass is 32.2. The molecule has 0 atom stereocenters. The van der Waals surface area contributed by atoms with Gasteiger partial charge in [-0.15, -0.1) is 0 Å². The molecule has 1 aromatic carbocycles. The smallest absolute Gasteiger partial charge is 0.291 e. The van der Waals surface area contributed by atoms with Gasteiger partial charge in [-0.2, -0.15) is 0 Å². The van der Waals surface area contributed by atoms with Gasteiger partial charge in [-0.05, 0) is 105 Å². The standard InChI is InChI=1S/C27H34N2O3S2/c1-32-22-8-6-18(7-9-22)14-23-25(33)29(26(31)34-23)10-4-2-3-5-24(30)28-27-15-19-11-20(16-27)13-21(12-19)17-27/h6-9,14,19-21H,2-5,10-13,15-17H2,1H3,(H,28,30). The van der Waals surface area contributed by atoms with Crippen LogP contribution in [0.15, 0.2) is 29.2 Å². The Morgan fingerprint density at radius 1 is 1.12 bits per heavy atom. The van der Waals surface area contributed by atoms with Crippen LogP contribution in [0.2, 0.25) is 0 Å². The summed E-state index contributed by atoms with van der Waals surface area (Å²) in [6.45, 7) is 0.612. The van der Waals surface area contributed by atoms with E-state index < -0.39 is 0 Å². The molecule has 5 nitrogen and oxygen atoms in total. The van der Waals surface area contributed by atoms with Crippen molar-refractivity contribution in [2.45, 2.75) is 69.7 Å². The van der Waals surface area contributed by atoms with Crippen LogP contribution in [0.1, 0.15) is 69.8 Å². The van der Waals surface area contributed by atoms with E-state index in [1.54, 1.807) is 12.0 Å². The molecule has 1 saturated heterocycles. The third-order valence-electron chi connectivity index (χ3n) is 8.02. The number of amides is 2. The summed E-state index contributed by atoms with van der Waals surface area (Å²) in [4.78, 5) is 28.3. The molecule has 4 saturated carbocycles. The number of benzene rings is 1. The zero-order valence-corrected chi connectivity index (χ0v) is 21.5. The second-order valence-corrected chi connectivity index (χ2v) is 12.0. The number of ether oxygens (including phenoxy) is 1. The van der Waals surface area contributed by atoms with Crippen molar-refractivity contribution in [2.75, 3.05) is 13.7 Å². The first-order valence-corrected chi connectivity index (χ1v) is 13.9. The molecule has 4 aliphatic carbocycles. The Balaban J connectivity index is 1.04. The molecule has 182 valence electrons. The fraction of sp³-hybridized carbons (Fsp3) is 0.593. The molecule has 1 aromatic rings. The third kappa shape index (κ3) is 5.20. The van der Waals surface area contributed by atoms with Crippen molar-refractivity contribution in [2.24, 2.45) is 17.8 Å². The number of hydrogen-bond donors (Lipinski definition) is 1. The van der Waals surface area contributed by atoms with Crippen molar-refractivity contribution >= 4 is 46.2 Å². The predicted molar refractivity (Wildman–Crippen MR) is 141 cm³/mol. The van der Waals surface area contributed by atoms with Crippen LogP contribution in [-0.4, -0.2) is 40.2 Å². The number of nitrogens with zero attached hydrogens (tertiary/aromatic N) is 1. The minimum absolute atomic E-state index is 0.00989. The number of hydrogen-bond acceptors (Lipinski definition) is 5. The maximum Gasteiger partial charge on any atom is 0.291 e. The summed E-state index contributed by atoms with van der Waals surface area (Å²) in [5, 5.41) is 3.45. The van der Waals surface area contributed by atoms with Gasteiger partial charge >= 0.3 is 0 Å². The first kappa shape index (κ1) is 23.9. The number of carbonyl (C=O) groups excluding carboxylic acids is 2. The average molecular weight is 499 g/mol. The summed E-state index contributed by atoms with van der Waals surface area (Å²) in [6.07, 6.45) is 12.9. The van der Waals surface area contributed by atoms with E-state index in [1.807, 2.05) is 30.3 Å². The van der Waals surface area contributed by atoms with Crippen molar-refractivity contribution in [1.29, 1.82) is 0 Å². The van der Waals surface area contributed by atoms with Gasteiger partial charge in [0.25, 0.3) is 5.24 Å². The fourth-order valence-corrected chi connectivity index (χ4v) is 8.19. The van der Waals surface area contributed by atoms with Crippen LogP contribution < -0.4 is 10.1 Å². The SMILES string of the molecule is COc1ccc(C=C2SC(=O)N(CCCCCC(=O)NC34CC5CC(CC(C5)C3)C4)C2=S)cc1. The summed E-state index contributed by atoms with van der Waals surface area (Å²) >= 11 is 6.78. The van der Waals surface area contributed by atoms with Crippen LogP contribution in [0.3, 0.4) is 0 Å². The summed E-state index contributed by atoms with van der Waals surface area (Å²) < 4.78 is 5.20. The Hall–Kier alpha value is -1.86. The highest BCUT2D eigenvalue weighted by Gasteiger charge is 2.51. The molecule has 5 aliphatic rings. The van der Waals surface area contributed by atoms with E-state index in [0.717, 1.165) is 53.2 Å². The van der Waals surface area contributed by atoms with Gasteiger partial charge in [-0.3, -0.25) is 14.5 Å². The molecule has 0 radical (unpaired) electrons. The summed E-state index contributed by atoms with van der Waals surface area (Å²) in [7, 11) is 1.64. The van der Waals surface area contributed by atoms with E-state index in [4.69, 9.17) is 17.0 Å². The highest BCUT2D eigenvalue weighted by Crippen LogP contribution is 2.55. The number of unbranched alkanes of at least 4 members (excludes halogenated alkanes) is 2. The van der Waals surface area contributed by atoms with Crippen LogP contribution in [-0.2, 0) is 4.79 Å². The zero-order valence-electron chi connectivity index (χ0n) is 19.9. The Kier molecular flexibility index (Phi) is 7.03. The van der Waals surface area contributed by atoms with Crippen LogP contribution in [0.25, 0.3) is 6.08 Å². The molecule has 1 aliphatic heterocycles. The van der Waals surface area contributed by atoms with E-state index >= 15 is 0 Å². The Morgan fingerprint density at radius 2 is 1.76 bits per heavy atom. The first-order valence-electron chi connectivity index (χ1n) is 12.6. The second-order valence-electron chi connectivity index (χ2n) is 10.7. The Labute approximate surface area is 212 Å². The van der Waals surface area contributed by atoms with Gasteiger partial charge in [0.15, 0.2) is 0 Å². The summed E-state index contributed by atoms with van der Waals surface area (Å²) in [6, 6.07) is 7.70. The average Bonchev–Trinajstić information content (AvgIpc) is 3.05. The molecule has 1 N–H and O–H groups in total. The van der Waals surface area contributed by atoms with Crippen molar-refractivity contribution in [3.05, 3.63) is 34.7 Å². The molecule has 5 fully saturated rings. The monoisotopic (exact) mass is 498 g/mol. The van der Waals surface area contributed by atoms with E-state index in [-0.39, 0.29) is 16.7 Å². The van der Waals surface area contributed by atoms with Gasteiger partial charge in [-0.25, -0.2) is 0 Å². The van der Waals surface area contributed by atoms with Crippen LogP contribution in [0.5, 0.6) is 5.75 Å². The topological polar surface area (TPSA) is 58.6 Å². The summed E-state index contributed by atoms with van der Waals surface area (Å²) in [5.74, 6) is 3.54. The molecular formula is C27H34N2O3S2. The summed E-state index contributed by atoms with van der Waals surface area (Å²) in [5.41, 5.74) is 1.09. The lowest BCUT2D eigenvalue weighted by Crippen LogP contribution is -2.59. The van der Waals surface area contributed by atoms with E-state index in [2.05, 4.69) is 5.32 Å². The number of thioether (sulfide) groups is 1. The molecule has 4 bridgehead atoms. The molecule has 2 amide bonds. The molecule has 34 heavy (non-hydrogen) atoms. The lowest BCUT2D eigenvalue weighted by atomic mass is 9.53. The molecule has 0 aromatic heterocycles. The van der Waals surface area contributed by atoms with E-state index in [0.29, 0.717) is 18.0 Å². The lowest BCUT2D eigenvalue weighted by Gasteiger charge is -2.56. The lowest BCUT2D eigenvalue weighted by molar-refractivity contribution is -0.127. The van der Waals surface area contributed by atoms with Crippen molar-refractivity contribution in [3.63, 3.8) is 0 Å².